The van der Waals surface area contributed by atoms with Crippen LogP contribution in [0.15, 0.2) is 58.5 Å². The minimum Gasteiger partial charge on any atom is -0.507 e. The Morgan fingerprint density at radius 2 is 1.79 bits per heavy atom. The van der Waals surface area contributed by atoms with Gasteiger partial charge in [0.25, 0.3) is 11.7 Å². The van der Waals surface area contributed by atoms with Crippen LogP contribution in [-0.2, 0) is 16.0 Å². The maximum Gasteiger partial charge on any atom is 0.300 e. The molecule has 3 aliphatic heterocycles. The van der Waals surface area contributed by atoms with Crippen molar-refractivity contribution in [1.29, 1.82) is 0 Å². The summed E-state index contributed by atoms with van der Waals surface area (Å²) >= 11 is 0. The minimum absolute atomic E-state index is 0.0336. The number of nitrogens with zero attached hydrogens (tertiary/aromatic N) is 1. The molecule has 0 saturated carbocycles. The Bertz CT molecular complexity index is 1370. The van der Waals surface area contributed by atoms with Gasteiger partial charge in [-0.15, -0.1) is 0 Å². The molecule has 0 radical (unpaired) electrons. The number of hydrogen-bond donors (Lipinski definition) is 1. The number of aryl methyl sites for hydroxylation is 2. The van der Waals surface area contributed by atoms with Gasteiger partial charge in [-0.05, 0) is 67.8 Å². The first-order valence-electron chi connectivity index (χ1n) is 11.0. The van der Waals surface area contributed by atoms with Crippen molar-refractivity contribution < 1.29 is 33.3 Å². The Morgan fingerprint density at radius 1 is 0.971 bits per heavy atom. The van der Waals surface area contributed by atoms with Gasteiger partial charge < -0.3 is 23.7 Å². The Morgan fingerprint density at radius 3 is 2.62 bits per heavy atom. The lowest BCUT2D eigenvalue weighted by Crippen LogP contribution is -2.29. The number of hydrogen-bond acceptors (Lipinski definition) is 7. The molecule has 6 rings (SSSR count). The number of carbonyl (C=O) groups is 2. The van der Waals surface area contributed by atoms with Gasteiger partial charge in [-0.2, -0.15) is 0 Å². The molecule has 1 saturated heterocycles. The number of ether oxygens (including phenoxy) is 3. The number of benzene rings is 2. The number of furan rings is 1. The van der Waals surface area contributed by atoms with Crippen molar-refractivity contribution in [3.8, 4) is 17.2 Å². The van der Waals surface area contributed by atoms with Gasteiger partial charge in [0.15, 0.2) is 11.5 Å². The summed E-state index contributed by atoms with van der Waals surface area (Å²) in [6, 6.07) is 12.8. The van der Waals surface area contributed by atoms with Crippen molar-refractivity contribution in [2.75, 3.05) is 18.3 Å². The van der Waals surface area contributed by atoms with E-state index >= 15 is 0 Å². The number of aliphatic hydroxyl groups excluding tert-OH is 1. The molecule has 1 unspecified atom stereocenters. The van der Waals surface area contributed by atoms with Crippen LogP contribution in [0.2, 0.25) is 0 Å². The SMILES string of the molecule is Cc1ccc(C2/C(=C(/O)c3ccc4c(c3)CCCO4)C(=O)C(=O)N2c2ccc3c(c2)OCO3)o1. The molecule has 172 valence electrons. The van der Waals surface area contributed by atoms with Gasteiger partial charge in [0.05, 0.1) is 12.2 Å². The summed E-state index contributed by atoms with van der Waals surface area (Å²) in [6.45, 7) is 2.51. The lowest BCUT2D eigenvalue weighted by atomic mass is 9.96. The van der Waals surface area contributed by atoms with Gasteiger partial charge in [-0.3, -0.25) is 14.5 Å². The maximum absolute atomic E-state index is 13.3. The van der Waals surface area contributed by atoms with Crippen molar-refractivity contribution >= 4 is 23.1 Å². The smallest absolute Gasteiger partial charge is 0.300 e. The number of rotatable bonds is 3. The van der Waals surface area contributed by atoms with Crippen molar-refractivity contribution in [2.45, 2.75) is 25.8 Å². The first-order chi connectivity index (χ1) is 16.5. The van der Waals surface area contributed by atoms with Crippen LogP contribution in [0, 0.1) is 6.92 Å². The van der Waals surface area contributed by atoms with Gasteiger partial charge in [0.2, 0.25) is 6.79 Å². The van der Waals surface area contributed by atoms with Crippen molar-refractivity contribution in [1.82, 2.24) is 0 Å². The average molecular weight is 459 g/mol. The van der Waals surface area contributed by atoms with Crippen molar-refractivity contribution in [3.63, 3.8) is 0 Å². The van der Waals surface area contributed by atoms with E-state index in [9.17, 15) is 14.7 Å². The van der Waals surface area contributed by atoms with Crippen LogP contribution in [0.25, 0.3) is 5.76 Å². The zero-order valence-electron chi connectivity index (χ0n) is 18.4. The average Bonchev–Trinajstić information content (AvgIpc) is 3.56. The number of anilines is 1. The minimum atomic E-state index is -0.943. The summed E-state index contributed by atoms with van der Waals surface area (Å²) in [5.74, 6) is 0.986. The molecule has 0 aliphatic carbocycles. The van der Waals surface area contributed by atoms with E-state index in [0.29, 0.717) is 40.9 Å². The van der Waals surface area contributed by atoms with Crippen LogP contribution in [0.3, 0.4) is 0 Å². The Hall–Kier alpha value is -4.20. The van der Waals surface area contributed by atoms with Gasteiger partial charge in [-0.25, -0.2) is 0 Å². The van der Waals surface area contributed by atoms with E-state index in [1.807, 2.05) is 6.07 Å². The second-order valence-corrected chi connectivity index (χ2v) is 8.43. The monoisotopic (exact) mass is 459 g/mol. The van der Waals surface area contributed by atoms with Crippen molar-refractivity contribution in [3.05, 3.63) is 76.8 Å². The molecule has 4 heterocycles. The Balaban J connectivity index is 1.51. The predicted molar refractivity (Wildman–Crippen MR) is 121 cm³/mol. The molecule has 1 atom stereocenters. The highest BCUT2D eigenvalue weighted by Gasteiger charge is 2.48. The highest BCUT2D eigenvalue weighted by Crippen LogP contribution is 2.45. The molecule has 8 nitrogen and oxygen atoms in total. The molecule has 1 aromatic heterocycles. The molecule has 1 fully saturated rings. The molecule has 3 aromatic rings. The normalized spacial score (nSPS) is 20.4. The zero-order chi connectivity index (χ0) is 23.4. The van der Waals surface area contributed by atoms with E-state index < -0.39 is 17.7 Å². The van der Waals surface area contributed by atoms with E-state index in [0.717, 1.165) is 24.2 Å². The molecule has 1 amide bonds. The largest absolute Gasteiger partial charge is 0.507 e. The first-order valence-corrected chi connectivity index (χ1v) is 11.0. The molecule has 8 heteroatoms. The molecule has 1 N–H and O–H groups in total. The van der Waals surface area contributed by atoms with Crippen LogP contribution < -0.4 is 19.1 Å². The third kappa shape index (κ3) is 3.14. The van der Waals surface area contributed by atoms with Gasteiger partial charge in [-0.1, -0.05) is 0 Å². The molecular formula is C26H21NO7. The second-order valence-electron chi connectivity index (χ2n) is 8.43. The van der Waals surface area contributed by atoms with Crippen LogP contribution >= 0.6 is 0 Å². The lowest BCUT2D eigenvalue weighted by Gasteiger charge is -2.24. The fourth-order valence-corrected chi connectivity index (χ4v) is 4.67. The molecule has 3 aliphatic rings. The van der Waals surface area contributed by atoms with Crippen LogP contribution in [0.5, 0.6) is 17.2 Å². The van der Waals surface area contributed by atoms with E-state index in [2.05, 4.69) is 0 Å². The number of amides is 1. The second kappa shape index (κ2) is 7.69. The van der Waals surface area contributed by atoms with Crippen LogP contribution in [0.1, 0.15) is 35.1 Å². The third-order valence-corrected chi connectivity index (χ3v) is 6.29. The molecule has 2 aromatic carbocycles. The number of Topliss-reactive ketones (excluding diaryl/α,β-unsaturated/α-hetero) is 1. The fourth-order valence-electron chi connectivity index (χ4n) is 4.67. The van der Waals surface area contributed by atoms with E-state index in [1.165, 1.54) is 4.90 Å². The first kappa shape index (κ1) is 20.4. The highest BCUT2D eigenvalue weighted by atomic mass is 16.7. The van der Waals surface area contributed by atoms with E-state index in [1.54, 1.807) is 49.4 Å². The third-order valence-electron chi connectivity index (χ3n) is 6.29. The topological polar surface area (TPSA) is 98.4 Å². The number of fused-ring (bicyclic) bond motifs is 2. The van der Waals surface area contributed by atoms with Crippen LogP contribution in [0.4, 0.5) is 5.69 Å². The van der Waals surface area contributed by atoms with E-state index in [4.69, 9.17) is 18.6 Å². The summed E-state index contributed by atoms with van der Waals surface area (Å²) in [6.07, 6.45) is 1.68. The summed E-state index contributed by atoms with van der Waals surface area (Å²) in [5.41, 5.74) is 1.80. The summed E-state index contributed by atoms with van der Waals surface area (Å²) < 4.78 is 22.3. The quantitative estimate of drug-likeness (QED) is 0.355. The molecular weight excluding hydrogens is 438 g/mol. The predicted octanol–water partition coefficient (Wildman–Crippen LogP) is 4.27. The zero-order valence-corrected chi connectivity index (χ0v) is 18.4. The van der Waals surface area contributed by atoms with Crippen molar-refractivity contribution in [2.24, 2.45) is 0 Å². The molecule has 34 heavy (non-hydrogen) atoms. The Labute approximate surface area is 194 Å². The van der Waals surface area contributed by atoms with E-state index in [-0.39, 0.29) is 18.1 Å². The summed E-state index contributed by atoms with van der Waals surface area (Å²) in [4.78, 5) is 27.9. The maximum atomic E-state index is 13.3. The summed E-state index contributed by atoms with van der Waals surface area (Å²) in [5, 5.41) is 11.3. The van der Waals surface area contributed by atoms with Crippen LogP contribution in [-0.4, -0.2) is 30.2 Å². The Kier molecular flexibility index (Phi) is 4.62. The number of carbonyl (C=O) groups excluding carboxylic acids is 2. The highest BCUT2D eigenvalue weighted by molar-refractivity contribution is 6.51. The summed E-state index contributed by atoms with van der Waals surface area (Å²) in [7, 11) is 0. The number of aliphatic hydroxyl groups is 1. The molecule has 0 bridgehead atoms. The standard InChI is InChI=1S/C26H21NO7/c1-14-4-7-20(34-14)23-22(24(28)16-5-8-18-15(11-16)3-2-10-31-18)25(29)26(30)27(23)17-6-9-19-21(12-17)33-13-32-19/h4-9,11-12,23,28H,2-3,10,13H2,1H3/b24-22-. The number of ketones is 1. The van der Waals surface area contributed by atoms with Gasteiger partial charge in [0.1, 0.15) is 29.1 Å². The fraction of sp³-hybridized carbons (Fsp3) is 0.231. The lowest BCUT2D eigenvalue weighted by molar-refractivity contribution is -0.132. The van der Waals surface area contributed by atoms with Gasteiger partial charge >= 0.3 is 0 Å². The molecule has 0 spiro atoms. The van der Waals surface area contributed by atoms with Gasteiger partial charge in [0, 0.05) is 17.3 Å².